The van der Waals surface area contributed by atoms with Gasteiger partial charge in [-0.2, -0.15) is 4.39 Å². The van der Waals surface area contributed by atoms with Crippen molar-refractivity contribution in [1.29, 1.82) is 0 Å². The first-order valence-corrected chi connectivity index (χ1v) is 7.88. The van der Waals surface area contributed by atoms with Gasteiger partial charge in [0.15, 0.2) is 0 Å². The third kappa shape index (κ3) is 3.19. The second kappa shape index (κ2) is 6.23. The maximum Gasteiger partial charge on any atom is 0.242 e. The predicted octanol–water partition coefficient (Wildman–Crippen LogP) is 0.653. The zero-order valence-corrected chi connectivity index (χ0v) is 12.9. The molecule has 1 N–H and O–H groups in total. The lowest BCUT2D eigenvalue weighted by Gasteiger charge is -2.38. The van der Waals surface area contributed by atoms with Gasteiger partial charge in [0.1, 0.15) is 0 Å². The highest BCUT2D eigenvalue weighted by atomic mass is 19.1. The van der Waals surface area contributed by atoms with Crippen LogP contribution < -0.4 is 0 Å². The fourth-order valence-corrected chi connectivity index (χ4v) is 3.26. The van der Waals surface area contributed by atoms with Crippen molar-refractivity contribution >= 4 is 11.8 Å². The zero-order chi connectivity index (χ0) is 16.4. The van der Waals surface area contributed by atoms with Crippen LogP contribution in [0.1, 0.15) is 31.2 Å². The van der Waals surface area contributed by atoms with Gasteiger partial charge in [0.25, 0.3) is 0 Å². The number of amides is 2. The molecule has 3 heterocycles. The number of hydrogen-bond acceptors (Lipinski definition) is 4. The van der Waals surface area contributed by atoms with Crippen LogP contribution in [0.5, 0.6) is 0 Å². The molecule has 0 aromatic carbocycles. The van der Waals surface area contributed by atoms with E-state index in [4.69, 9.17) is 0 Å². The molecule has 0 bridgehead atoms. The summed E-state index contributed by atoms with van der Waals surface area (Å²) >= 11 is 0. The van der Waals surface area contributed by atoms with E-state index in [9.17, 15) is 19.1 Å². The summed E-state index contributed by atoms with van der Waals surface area (Å²) in [5.74, 6) is -0.768. The number of rotatable bonds is 3. The van der Waals surface area contributed by atoms with Crippen LogP contribution in [-0.4, -0.2) is 57.9 Å². The topological polar surface area (TPSA) is 73.7 Å². The van der Waals surface area contributed by atoms with Gasteiger partial charge in [-0.3, -0.25) is 9.59 Å². The van der Waals surface area contributed by atoms with Gasteiger partial charge in [-0.1, -0.05) is 6.07 Å². The van der Waals surface area contributed by atoms with E-state index in [1.165, 1.54) is 12.3 Å². The SMILES string of the molecule is O=C(CN1CCCC1=O)N1CCC(O)(c2cccnc2F)CC1. The minimum Gasteiger partial charge on any atom is -0.385 e. The lowest BCUT2D eigenvalue weighted by atomic mass is 9.85. The first-order chi connectivity index (χ1) is 11.0. The Kier molecular flexibility index (Phi) is 4.30. The summed E-state index contributed by atoms with van der Waals surface area (Å²) in [5, 5.41) is 10.7. The number of pyridine rings is 1. The fourth-order valence-electron chi connectivity index (χ4n) is 3.26. The minimum absolute atomic E-state index is 0.0179. The van der Waals surface area contributed by atoms with E-state index in [0.29, 0.717) is 26.1 Å². The zero-order valence-electron chi connectivity index (χ0n) is 12.9. The van der Waals surface area contributed by atoms with Gasteiger partial charge in [-0.15, -0.1) is 0 Å². The molecule has 0 aliphatic carbocycles. The Hall–Kier alpha value is -2.02. The van der Waals surface area contributed by atoms with Crippen molar-refractivity contribution in [1.82, 2.24) is 14.8 Å². The Labute approximate surface area is 133 Å². The second-order valence-electron chi connectivity index (χ2n) is 6.17. The molecule has 2 aliphatic rings. The van der Waals surface area contributed by atoms with Crippen molar-refractivity contribution in [3.63, 3.8) is 0 Å². The molecule has 0 unspecified atom stereocenters. The van der Waals surface area contributed by atoms with E-state index in [1.807, 2.05) is 0 Å². The van der Waals surface area contributed by atoms with Gasteiger partial charge < -0.3 is 14.9 Å². The van der Waals surface area contributed by atoms with Crippen molar-refractivity contribution in [2.75, 3.05) is 26.2 Å². The number of halogens is 1. The average molecular weight is 321 g/mol. The molecule has 0 saturated carbocycles. The Morgan fingerprint density at radius 2 is 2.09 bits per heavy atom. The van der Waals surface area contributed by atoms with Gasteiger partial charge in [0, 0.05) is 37.8 Å². The molecule has 0 radical (unpaired) electrons. The smallest absolute Gasteiger partial charge is 0.242 e. The predicted molar refractivity (Wildman–Crippen MR) is 79.7 cm³/mol. The van der Waals surface area contributed by atoms with Gasteiger partial charge in [0.2, 0.25) is 17.8 Å². The third-order valence-electron chi connectivity index (χ3n) is 4.70. The van der Waals surface area contributed by atoms with E-state index in [0.717, 1.165) is 6.42 Å². The number of nitrogens with zero attached hydrogens (tertiary/aromatic N) is 3. The first-order valence-electron chi connectivity index (χ1n) is 7.88. The molecule has 1 aromatic heterocycles. The molecule has 23 heavy (non-hydrogen) atoms. The van der Waals surface area contributed by atoms with Crippen LogP contribution in [0.25, 0.3) is 0 Å². The highest BCUT2D eigenvalue weighted by molar-refractivity contribution is 5.85. The average Bonchev–Trinajstić information content (AvgIpc) is 2.93. The van der Waals surface area contributed by atoms with Crippen molar-refractivity contribution in [2.45, 2.75) is 31.3 Å². The number of carbonyl (C=O) groups is 2. The highest BCUT2D eigenvalue weighted by Crippen LogP contribution is 2.33. The maximum atomic E-state index is 13.8. The number of hydrogen-bond donors (Lipinski definition) is 1. The Balaban J connectivity index is 1.60. The molecule has 2 amide bonds. The summed E-state index contributed by atoms with van der Waals surface area (Å²) in [6.07, 6.45) is 3.16. The van der Waals surface area contributed by atoms with Gasteiger partial charge in [-0.05, 0) is 25.3 Å². The number of aromatic nitrogens is 1. The normalized spacial score (nSPS) is 20.9. The van der Waals surface area contributed by atoms with Crippen LogP contribution in [0.4, 0.5) is 4.39 Å². The summed E-state index contributed by atoms with van der Waals surface area (Å²) in [4.78, 5) is 30.6. The molecule has 2 aliphatic heterocycles. The molecule has 7 heteroatoms. The maximum absolute atomic E-state index is 13.8. The third-order valence-corrected chi connectivity index (χ3v) is 4.70. The van der Waals surface area contributed by atoms with Crippen LogP contribution in [0.2, 0.25) is 0 Å². The van der Waals surface area contributed by atoms with Crippen LogP contribution in [0.3, 0.4) is 0 Å². The Morgan fingerprint density at radius 3 is 2.70 bits per heavy atom. The fraction of sp³-hybridized carbons (Fsp3) is 0.562. The van der Waals surface area contributed by atoms with Crippen LogP contribution in [0.15, 0.2) is 18.3 Å². The number of likely N-dealkylation sites (tertiary alicyclic amines) is 2. The van der Waals surface area contributed by atoms with E-state index in [-0.39, 0.29) is 36.8 Å². The molecule has 1 aromatic rings. The van der Waals surface area contributed by atoms with Crippen LogP contribution >= 0.6 is 0 Å². The summed E-state index contributed by atoms with van der Waals surface area (Å²) in [6.45, 7) is 1.40. The summed E-state index contributed by atoms with van der Waals surface area (Å²) < 4.78 is 13.8. The molecule has 2 saturated heterocycles. The van der Waals surface area contributed by atoms with Gasteiger partial charge in [-0.25, -0.2) is 4.98 Å². The first kappa shape index (κ1) is 15.9. The molecular formula is C16H20FN3O3. The lowest BCUT2D eigenvalue weighted by Crippen LogP contribution is -2.48. The van der Waals surface area contributed by atoms with Crippen molar-refractivity contribution in [3.05, 3.63) is 29.8 Å². The minimum atomic E-state index is -1.29. The summed E-state index contributed by atoms with van der Waals surface area (Å²) in [7, 11) is 0. The standard InChI is InChI=1S/C16H20FN3O3/c17-15-12(3-1-7-18-15)16(23)5-9-19(10-6-16)14(22)11-20-8-2-4-13(20)21/h1,3,7,23H,2,4-6,8-11H2. The van der Waals surface area contributed by atoms with Crippen molar-refractivity contribution in [3.8, 4) is 0 Å². The van der Waals surface area contributed by atoms with Gasteiger partial charge in [0.05, 0.1) is 12.1 Å². The Bertz CT molecular complexity index is 614. The number of piperidine rings is 1. The highest BCUT2D eigenvalue weighted by Gasteiger charge is 2.38. The van der Waals surface area contributed by atoms with E-state index < -0.39 is 11.5 Å². The molecule has 6 nitrogen and oxygen atoms in total. The molecular weight excluding hydrogens is 301 g/mol. The molecule has 0 spiro atoms. The molecule has 0 atom stereocenters. The second-order valence-corrected chi connectivity index (χ2v) is 6.17. The van der Waals surface area contributed by atoms with Crippen molar-refractivity contribution < 1.29 is 19.1 Å². The molecule has 2 fully saturated rings. The quantitative estimate of drug-likeness (QED) is 0.830. The summed E-state index contributed by atoms with van der Waals surface area (Å²) in [5.41, 5.74) is -1.11. The van der Waals surface area contributed by atoms with Crippen molar-refractivity contribution in [2.24, 2.45) is 0 Å². The van der Waals surface area contributed by atoms with E-state index in [2.05, 4.69) is 4.98 Å². The van der Waals surface area contributed by atoms with Crippen LogP contribution in [0, 0.1) is 5.95 Å². The van der Waals surface area contributed by atoms with Gasteiger partial charge >= 0.3 is 0 Å². The molecule has 3 rings (SSSR count). The Morgan fingerprint density at radius 1 is 1.35 bits per heavy atom. The monoisotopic (exact) mass is 321 g/mol. The van der Waals surface area contributed by atoms with E-state index >= 15 is 0 Å². The lowest BCUT2D eigenvalue weighted by molar-refractivity contribution is -0.141. The largest absolute Gasteiger partial charge is 0.385 e. The molecule has 124 valence electrons. The summed E-state index contributed by atoms with van der Waals surface area (Å²) in [6, 6.07) is 3.12. The van der Waals surface area contributed by atoms with E-state index in [1.54, 1.807) is 15.9 Å². The number of carbonyl (C=O) groups excluding carboxylic acids is 2. The van der Waals surface area contributed by atoms with Crippen LogP contribution in [-0.2, 0) is 15.2 Å². The number of aliphatic hydroxyl groups is 1.